The topological polar surface area (TPSA) is 26.0 Å². The summed E-state index contributed by atoms with van der Waals surface area (Å²) in [5.41, 5.74) is 6.97. The van der Waals surface area contributed by atoms with Crippen LogP contribution in [0, 0.1) is 23.6 Å². The molecule has 0 heterocycles. The van der Waals surface area contributed by atoms with Gasteiger partial charge in [0.25, 0.3) is 0 Å². The van der Waals surface area contributed by atoms with Crippen LogP contribution in [0.5, 0.6) is 0 Å². The highest BCUT2D eigenvalue weighted by Crippen LogP contribution is 2.40. The Bertz CT molecular complexity index is 391. The van der Waals surface area contributed by atoms with Gasteiger partial charge in [-0.05, 0) is 49.1 Å². The zero-order valence-electron chi connectivity index (χ0n) is 11.0. The fourth-order valence-corrected chi connectivity index (χ4v) is 3.97. The molecule has 0 saturated heterocycles. The van der Waals surface area contributed by atoms with Crippen molar-refractivity contribution in [1.82, 2.24) is 0 Å². The van der Waals surface area contributed by atoms with E-state index in [4.69, 9.17) is 5.73 Å². The third-order valence-corrected chi connectivity index (χ3v) is 4.75. The molecule has 1 aromatic rings. The minimum Gasteiger partial charge on any atom is -0.324 e. The number of halogens is 2. The van der Waals surface area contributed by atoms with Crippen molar-refractivity contribution < 1.29 is 4.39 Å². The number of hydrogen-bond donors (Lipinski definition) is 1. The van der Waals surface area contributed by atoms with Gasteiger partial charge in [-0.2, -0.15) is 0 Å². The van der Waals surface area contributed by atoms with E-state index in [1.54, 1.807) is 6.07 Å². The van der Waals surface area contributed by atoms with Crippen molar-refractivity contribution in [3.05, 3.63) is 34.1 Å². The second-order valence-electron chi connectivity index (χ2n) is 5.84. The fraction of sp³-hybridized carbons (Fsp3) is 0.600. The molecule has 0 aromatic heterocycles. The molecule has 18 heavy (non-hydrogen) atoms. The van der Waals surface area contributed by atoms with Gasteiger partial charge in [0.05, 0.1) is 0 Å². The molecule has 1 aliphatic carbocycles. The van der Waals surface area contributed by atoms with Crippen LogP contribution in [-0.4, -0.2) is 0 Å². The van der Waals surface area contributed by atoms with Crippen LogP contribution in [0.15, 0.2) is 22.7 Å². The van der Waals surface area contributed by atoms with Crippen molar-refractivity contribution >= 4 is 15.9 Å². The third kappa shape index (κ3) is 2.94. The quantitative estimate of drug-likeness (QED) is 0.844. The van der Waals surface area contributed by atoms with Crippen molar-refractivity contribution in [2.24, 2.45) is 23.5 Å². The van der Waals surface area contributed by atoms with Crippen molar-refractivity contribution in [3.63, 3.8) is 0 Å². The van der Waals surface area contributed by atoms with Gasteiger partial charge < -0.3 is 5.73 Å². The van der Waals surface area contributed by atoms with Gasteiger partial charge in [-0.3, -0.25) is 0 Å². The lowest BCUT2D eigenvalue weighted by Gasteiger charge is -2.35. The molecule has 1 aliphatic rings. The molecule has 2 rings (SSSR count). The Hall–Kier alpha value is -0.410. The predicted molar refractivity (Wildman–Crippen MR) is 76.7 cm³/mol. The zero-order chi connectivity index (χ0) is 13.3. The Kier molecular flexibility index (Phi) is 4.44. The number of nitrogens with two attached hydrogens (primary N) is 1. The van der Waals surface area contributed by atoms with E-state index in [1.807, 2.05) is 6.07 Å². The lowest BCUT2D eigenvalue weighted by molar-refractivity contribution is 0.191. The van der Waals surface area contributed by atoms with Gasteiger partial charge in [-0.1, -0.05) is 35.8 Å². The van der Waals surface area contributed by atoms with E-state index in [-0.39, 0.29) is 11.9 Å². The van der Waals surface area contributed by atoms with Crippen molar-refractivity contribution in [2.45, 2.75) is 39.2 Å². The van der Waals surface area contributed by atoms with Gasteiger partial charge in [0.1, 0.15) is 5.82 Å². The largest absolute Gasteiger partial charge is 0.324 e. The molecule has 1 nitrogen and oxygen atoms in total. The second kappa shape index (κ2) is 5.70. The first-order valence-electron chi connectivity index (χ1n) is 6.68. The van der Waals surface area contributed by atoms with Crippen LogP contribution in [0.4, 0.5) is 4.39 Å². The zero-order valence-corrected chi connectivity index (χ0v) is 12.6. The Morgan fingerprint density at radius 3 is 2.39 bits per heavy atom. The number of hydrogen-bond acceptors (Lipinski definition) is 1. The summed E-state index contributed by atoms with van der Waals surface area (Å²) in [5, 5.41) is 0. The first-order valence-corrected chi connectivity index (χ1v) is 7.47. The molecular weight excluding hydrogens is 293 g/mol. The molecule has 1 saturated carbocycles. The maximum Gasteiger partial charge on any atom is 0.129 e. The summed E-state index contributed by atoms with van der Waals surface area (Å²) in [5.74, 6) is 1.57. The standard InChI is InChI=1S/C15H21BrFN/c1-9-6-10(2)8-11(7-9)15(18)14-12(16)4-3-5-13(14)17/h3-5,9-11,15H,6-8,18H2,1-2H3. The van der Waals surface area contributed by atoms with Gasteiger partial charge in [0, 0.05) is 16.1 Å². The molecule has 3 unspecified atom stereocenters. The Morgan fingerprint density at radius 2 is 1.83 bits per heavy atom. The van der Waals surface area contributed by atoms with E-state index in [1.165, 1.54) is 12.5 Å². The molecule has 0 radical (unpaired) electrons. The van der Waals surface area contributed by atoms with E-state index >= 15 is 0 Å². The normalized spacial score (nSPS) is 30.2. The smallest absolute Gasteiger partial charge is 0.129 e. The Balaban J connectivity index is 2.22. The highest BCUT2D eigenvalue weighted by molar-refractivity contribution is 9.10. The van der Waals surface area contributed by atoms with Gasteiger partial charge in [-0.15, -0.1) is 0 Å². The molecule has 1 aromatic carbocycles. The minimum absolute atomic E-state index is 0.192. The maximum atomic E-state index is 13.9. The highest BCUT2D eigenvalue weighted by Gasteiger charge is 2.30. The van der Waals surface area contributed by atoms with Gasteiger partial charge in [0.15, 0.2) is 0 Å². The van der Waals surface area contributed by atoms with E-state index < -0.39 is 0 Å². The van der Waals surface area contributed by atoms with Gasteiger partial charge >= 0.3 is 0 Å². The van der Waals surface area contributed by atoms with Crippen LogP contribution in [0.25, 0.3) is 0 Å². The fourth-order valence-electron chi connectivity index (χ4n) is 3.37. The summed E-state index contributed by atoms with van der Waals surface area (Å²) in [7, 11) is 0. The molecule has 0 amide bonds. The number of benzene rings is 1. The van der Waals surface area contributed by atoms with Gasteiger partial charge in [0.2, 0.25) is 0 Å². The summed E-state index contributed by atoms with van der Waals surface area (Å²) in [4.78, 5) is 0. The van der Waals surface area contributed by atoms with E-state index in [9.17, 15) is 4.39 Å². The molecule has 3 atom stereocenters. The van der Waals surface area contributed by atoms with E-state index in [2.05, 4.69) is 29.8 Å². The lowest BCUT2D eigenvalue weighted by Crippen LogP contribution is -2.30. The summed E-state index contributed by atoms with van der Waals surface area (Å²) >= 11 is 3.42. The van der Waals surface area contributed by atoms with E-state index in [0.29, 0.717) is 23.3 Å². The molecule has 3 heteroatoms. The minimum atomic E-state index is -0.203. The highest BCUT2D eigenvalue weighted by atomic mass is 79.9. The first-order chi connectivity index (χ1) is 8.49. The van der Waals surface area contributed by atoms with Crippen molar-refractivity contribution in [2.75, 3.05) is 0 Å². The van der Waals surface area contributed by atoms with Crippen molar-refractivity contribution in [3.8, 4) is 0 Å². The summed E-state index contributed by atoms with van der Waals surface area (Å²) < 4.78 is 14.7. The summed E-state index contributed by atoms with van der Waals surface area (Å²) in [6.07, 6.45) is 3.47. The average Bonchev–Trinajstić information content (AvgIpc) is 2.27. The predicted octanol–water partition coefficient (Wildman–Crippen LogP) is 4.66. The molecule has 0 spiro atoms. The van der Waals surface area contributed by atoms with Crippen LogP contribution in [0.3, 0.4) is 0 Å². The molecular formula is C15H21BrFN. The SMILES string of the molecule is CC1CC(C)CC(C(N)c2c(F)cccc2Br)C1. The van der Waals surface area contributed by atoms with Crippen LogP contribution in [-0.2, 0) is 0 Å². The van der Waals surface area contributed by atoms with Crippen LogP contribution in [0.2, 0.25) is 0 Å². The van der Waals surface area contributed by atoms with E-state index in [0.717, 1.165) is 17.3 Å². The molecule has 0 bridgehead atoms. The van der Waals surface area contributed by atoms with Crippen molar-refractivity contribution in [1.29, 1.82) is 0 Å². The monoisotopic (exact) mass is 313 g/mol. The average molecular weight is 314 g/mol. The molecule has 100 valence electrons. The lowest BCUT2D eigenvalue weighted by atomic mass is 9.72. The maximum absolute atomic E-state index is 13.9. The van der Waals surface area contributed by atoms with Crippen LogP contribution < -0.4 is 5.73 Å². The summed E-state index contributed by atoms with van der Waals surface area (Å²) in [6, 6.07) is 4.87. The molecule has 1 fully saturated rings. The molecule has 0 aliphatic heterocycles. The number of rotatable bonds is 2. The first kappa shape index (κ1) is 14.0. The van der Waals surface area contributed by atoms with Gasteiger partial charge in [-0.25, -0.2) is 4.39 Å². The van der Waals surface area contributed by atoms with Crippen LogP contribution in [0.1, 0.15) is 44.7 Å². The Morgan fingerprint density at radius 1 is 1.22 bits per heavy atom. The molecule has 2 N–H and O–H groups in total. The summed E-state index contributed by atoms with van der Waals surface area (Å²) in [6.45, 7) is 4.54. The van der Waals surface area contributed by atoms with Crippen LogP contribution >= 0.6 is 15.9 Å². The second-order valence-corrected chi connectivity index (χ2v) is 6.69. The third-order valence-electron chi connectivity index (χ3n) is 4.06. The Labute approximate surface area is 117 Å².